The fraction of sp³-hybridized carbons (Fsp3) is 0.500. The zero-order valence-corrected chi connectivity index (χ0v) is 12.7. The number of likely N-dealkylation sites (tertiary alicyclic amines) is 1. The number of alkyl carbamates (subject to hydrolysis) is 1. The van der Waals surface area contributed by atoms with E-state index in [1.165, 1.54) is 5.56 Å². The third-order valence-electron chi connectivity index (χ3n) is 4.30. The summed E-state index contributed by atoms with van der Waals surface area (Å²) in [6, 6.07) is 10.2. The molecule has 1 N–H and O–H groups in total. The number of hydrogen-bond acceptors (Lipinski definition) is 4. The molecule has 0 saturated carbocycles. The number of likely N-dealkylation sites (N-methyl/N-ethyl adjacent to an activating group) is 1. The van der Waals surface area contributed by atoms with Crippen molar-refractivity contribution in [3.63, 3.8) is 0 Å². The molecule has 22 heavy (non-hydrogen) atoms. The molecule has 6 heteroatoms. The number of cyclic esters (lactones) is 1. The first-order chi connectivity index (χ1) is 10.6. The molecule has 2 fully saturated rings. The smallest absolute Gasteiger partial charge is 0.407 e. The fourth-order valence-electron chi connectivity index (χ4n) is 2.85. The number of rotatable bonds is 4. The Balaban J connectivity index is 1.47. The lowest BCUT2D eigenvalue weighted by Crippen LogP contribution is -2.64. The average Bonchev–Trinajstić information content (AvgIpc) is 2.46. The van der Waals surface area contributed by atoms with Crippen LogP contribution in [0.4, 0.5) is 4.79 Å². The molecule has 0 bridgehead atoms. The number of nitrogens with one attached hydrogen (secondary N) is 1. The van der Waals surface area contributed by atoms with Crippen molar-refractivity contribution in [2.75, 3.05) is 26.7 Å². The summed E-state index contributed by atoms with van der Waals surface area (Å²) in [5.41, 5.74) is 1.27. The molecular weight excluding hydrogens is 282 g/mol. The summed E-state index contributed by atoms with van der Waals surface area (Å²) in [5, 5.41) is 2.58. The number of hydrogen-bond donors (Lipinski definition) is 1. The van der Waals surface area contributed by atoms with Crippen molar-refractivity contribution in [1.82, 2.24) is 15.1 Å². The fourth-order valence-corrected chi connectivity index (χ4v) is 2.85. The van der Waals surface area contributed by atoms with Gasteiger partial charge in [0.2, 0.25) is 5.91 Å². The van der Waals surface area contributed by atoms with E-state index in [2.05, 4.69) is 29.4 Å². The first kappa shape index (κ1) is 14.8. The van der Waals surface area contributed by atoms with Crippen molar-refractivity contribution in [3.05, 3.63) is 35.9 Å². The molecule has 6 nitrogen and oxygen atoms in total. The summed E-state index contributed by atoms with van der Waals surface area (Å²) in [5.74, 6) is 0.000936. The van der Waals surface area contributed by atoms with Gasteiger partial charge < -0.3 is 15.0 Å². The number of carbonyl (C=O) groups excluding carboxylic acids is 2. The molecule has 118 valence electrons. The van der Waals surface area contributed by atoms with Gasteiger partial charge in [-0.05, 0) is 12.6 Å². The number of amides is 2. The first-order valence-corrected chi connectivity index (χ1v) is 7.60. The molecule has 0 unspecified atom stereocenters. The van der Waals surface area contributed by atoms with E-state index >= 15 is 0 Å². The van der Waals surface area contributed by atoms with E-state index < -0.39 is 12.1 Å². The highest BCUT2D eigenvalue weighted by molar-refractivity contribution is 5.87. The number of ether oxygens (including phenoxy) is 1. The molecule has 0 spiro atoms. The number of nitrogens with zero attached hydrogens (tertiary/aromatic N) is 2. The van der Waals surface area contributed by atoms with Crippen molar-refractivity contribution >= 4 is 12.0 Å². The Bertz CT molecular complexity index is 543. The van der Waals surface area contributed by atoms with Crippen LogP contribution in [0.5, 0.6) is 0 Å². The maximum atomic E-state index is 12.3. The van der Waals surface area contributed by atoms with Crippen molar-refractivity contribution < 1.29 is 14.3 Å². The monoisotopic (exact) mass is 303 g/mol. The second-order valence-corrected chi connectivity index (χ2v) is 5.92. The van der Waals surface area contributed by atoms with Crippen LogP contribution in [0, 0.1) is 0 Å². The zero-order valence-electron chi connectivity index (χ0n) is 12.7. The molecule has 2 aliphatic heterocycles. The van der Waals surface area contributed by atoms with Gasteiger partial charge in [-0.2, -0.15) is 0 Å². The SMILES string of the molecule is CN(Cc1ccccc1)C1CN(C(=O)[C@@H]2CCOC(=O)N2)C1. The molecule has 2 heterocycles. The van der Waals surface area contributed by atoms with Crippen LogP contribution >= 0.6 is 0 Å². The normalized spacial score (nSPS) is 22.0. The third kappa shape index (κ3) is 3.22. The Morgan fingerprint density at radius 3 is 2.77 bits per heavy atom. The molecule has 2 saturated heterocycles. The van der Waals surface area contributed by atoms with Crippen molar-refractivity contribution in [3.8, 4) is 0 Å². The Morgan fingerprint density at radius 2 is 2.09 bits per heavy atom. The minimum absolute atomic E-state index is 0.000936. The average molecular weight is 303 g/mol. The molecule has 0 aliphatic carbocycles. The van der Waals surface area contributed by atoms with Gasteiger partial charge in [-0.25, -0.2) is 4.79 Å². The van der Waals surface area contributed by atoms with Crippen molar-refractivity contribution in [2.24, 2.45) is 0 Å². The van der Waals surface area contributed by atoms with Crippen molar-refractivity contribution in [1.29, 1.82) is 0 Å². The first-order valence-electron chi connectivity index (χ1n) is 7.60. The quantitative estimate of drug-likeness (QED) is 0.895. The largest absolute Gasteiger partial charge is 0.449 e. The molecule has 2 amide bonds. The summed E-state index contributed by atoms with van der Waals surface area (Å²) in [4.78, 5) is 27.5. The Morgan fingerprint density at radius 1 is 1.36 bits per heavy atom. The van der Waals surface area contributed by atoms with Crippen LogP contribution in [0.15, 0.2) is 30.3 Å². The lowest BCUT2D eigenvalue weighted by Gasteiger charge is -2.45. The molecule has 1 aromatic carbocycles. The van der Waals surface area contributed by atoms with E-state index in [0.717, 1.165) is 19.6 Å². The molecular formula is C16H21N3O3. The standard InChI is InChI=1S/C16H21N3O3/c1-18(9-12-5-3-2-4-6-12)13-10-19(11-13)15(20)14-7-8-22-16(21)17-14/h2-6,13-14H,7-11H2,1H3,(H,17,21)/t14-/m0/s1. The van der Waals surface area contributed by atoms with Gasteiger partial charge in [0.15, 0.2) is 0 Å². The van der Waals surface area contributed by atoms with Crippen LogP contribution in [0.3, 0.4) is 0 Å². The van der Waals surface area contributed by atoms with Gasteiger partial charge in [-0.15, -0.1) is 0 Å². The summed E-state index contributed by atoms with van der Waals surface area (Å²) >= 11 is 0. The van der Waals surface area contributed by atoms with E-state index in [9.17, 15) is 9.59 Å². The Kier molecular flexibility index (Phi) is 4.29. The topological polar surface area (TPSA) is 61.9 Å². The third-order valence-corrected chi connectivity index (χ3v) is 4.30. The molecule has 0 aromatic heterocycles. The second kappa shape index (κ2) is 6.36. The lowest BCUT2D eigenvalue weighted by molar-refractivity contribution is -0.141. The number of carbonyl (C=O) groups is 2. The van der Waals surface area contributed by atoms with E-state index in [1.54, 1.807) is 0 Å². The highest BCUT2D eigenvalue weighted by Crippen LogP contribution is 2.18. The number of benzene rings is 1. The summed E-state index contributed by atoms with van der Waals surface area (Å²) in [6.45, 7) is 2.62. The Hall–Kier alpha value is -2.08. The van der Waals surface area contributed by atoms with E-state index in [0.29, 0.717) is 19.1 Å². The predicted molar refractivity (Wildman–Crippen MR) is 81.2 cm³/mol. The van der Waals surface area contributed by atoms with Gasteiger partial charge in [0.05, 0.1) is 6.61 Å². The second-order valence-electron chi connectivity index (χ2n) is 5.92. The highest BCUT2D eigenvalue weighted by atomic mass is 16.6. The maximum absolute atomic E-state index is 12.3. The van der Waals surface area contributed by atoms with Gasteiger partial charge in [0.1, 0.15) is 6.04 Å². The molecule has 1 atom stereocenters. The van der Waals surface area contributed by atoms with Crippen LogP contribution in [0.2, 0.25) is 0 Å². The van der Waals surface area contributed by atoms with Gasteiger partial charge in [0.25, 0.3) is 0 Å². The van der Waals surface area contributed by atoms with Crippen LogP contribution in [-0.4, -0.2) is 60.6 Å². The van der Waals surface area contributed by atoms with Crippen LogP contribution in [-0.2, 0) is 16.1 Å². The minimum atomic E-state index is -0.497. The van der Waals surface area contributed by atoms with Crippen LogP contribution < -0.4 is 5.32 Å². The van der Waals surface area contributed by atoms with Crippen LogP contribution in [0.25, 0.3) is 0 Å². The lowest BCUT2D eigenvalue weighted by atomic mass is 10.0. The minimum Gasteiger partial charge on any atom is -0.449 e. The molecule has 0 radical (unpaired) electrons. The molecule has 3 rings (SSSR count). The van der Waals surface area contributed by atoms with Crippen LogP contribution in [0.1, 0.15) is 12.0 Å². The maximum Gasteiger partial charge on any atom is 0.407 e. The molecule has 2 aliphatic rings. The highest BCUT2D eigenvalue weighted by Gasteiger charge is 2.38. The van der Waals surface area contributed by atoms with Gasteiger partial charge in [-0.3, -0.25) is 9.69 Å². The van der Waals surface area contributed by atoms with E-state index in [1.807, 2.05) is 23.1 Å². The van der Waals surface area contributed by atoms with Gasteiger partial charge in [-0.1, -0.05) is 30.3 Å². The predicted octanol–water partition coefficient (Wildman–Crippen LogP) is 0.828. The summed E-state index contributed by atoms with van der Waals surface area (Å²) < 4.78 is 4.79. The summed E-state index contributed by atoms with van der Waals surface area (Å²) in [6.07, 6.45) is 0.0499. The Labute approximate surface area is 130 Å². The molecule has 1 aromatic rings. The zero-order chi connectivity index (χ0) is 15.5. The summed E-state index contributed by atoms with van der Waals surface area (Å²) in [7, 11) is 2.08. The van der Waals surface area contributed by atoms with E-state index in [-0.39, 0.29) is 5.91 Å². The van der Waals surface area contributed by atoms with Crippen molar-refractivity contribution in [2.45, 2.75) is 25.0 Å². The van der Waals surface area contributed by atoms with Gasteiger partial charge in [0, 0.05) is 32.1 Å². The van der Waals surface area contributed by atoms with E-state index in [4.69, 9.17) is 4.74 Å². The van der Waals surface area contributed by atoms with Gasteiger partial charge >= 0.3 is 6.09 Å².